The number of unbranched alkanes of at least 4 members (excludes halogenated alkanes) is 8. The van der Waals surface area contributed by atoms with Gasteiger partial charge in [0.15, 0.2) is 0 Å². The van der Waals surface area contributed by atoms with Crippen molar-refractivity contribution >= 4 is 16.9 Å². The van der Waals surface area contributed by atoms with Gasteiger partial charge in [-0.25, -0.2) is 4.79 Å². The molecule has 2 unspecified atom stereocenters. The fraction of sp³-hybridized carbons (Fsp3) is 0.571. The first-order valence-electron chi connectivity index (χ1n) is 15.5. The van der Waals surface area contributed by atoms with Crippen LogP contribution in [0.25, 0.3) is 22.1 Å². The molecule has 2 heterocycles. The van der Waals surface area contributed by atoms with Crippen LogP contribution in [-0.4, -0.2) is 29.7 Å². The summed E-state index contributed by atoms with van der Waals surface area (Å²) in [7, 11) is 0. The van der Waals surface area contributed by atoms with Crippen LogP contribution in [0.1, 0.15) is 98.8 Å². The fourth-order valence-corrected chi connectivity index (χ4v) is 5.18. The zero-order valence-electron chi connectivity index (χ0n) is 26.2. The van der Waals surface area contributed by atoms with E-state index in [9.17, 15) is 9.59 Å². The molecule has 0 spiro atoms. The van der Waals surface area contributed by atoms with Gasteiger partial charge in [0.05, 0.1) is 18.8 Å². The molecule has 0 saturated heterocycles. The van der Waals surface area contributed by atoms with Crippen molar-refractivity contribution in [1.82, 2.24) is 4.98 Å². The molecule has 0 saturated carbocycles. The van der Waals surface area contributed by atoms with Gasteiger partial charge in [0.25, 0.3) is 0 Å². The van der Waals surface area contributed by atoms with Gasteiger partial charge >= 0.3 is 11.6 Å². The van der Waals surface area contributed by atoms with E-state index in [1.54, 1.807) is 25.4 Å². The van der Waals surface area contributed by atoms with Gasteiger partial charge in [0.2, 0.25) is 0 Å². The van der Waals surface area contributed by atoms with Crippen LogP contribution >= 0.6 is 0 Å². The first-order valence-corrected chi connectivity index (χ1v) is 15.5. The Labute approximate surface area is 251 Å². The van der Waals surface area contributed by atoms with Crippen LogP contribution in [0.5, 0.6) is 5.75 Å². The molecule has 0 aliphatic carbocycles. The number of nitrogens with two attached hydrogens (primary N) is 1. The molecule has 1 aromatic carbocycles. The Morgan fingerprint density at radius 1 is 0.905 bits per heavy atom. The summed E-state index contributed by atoms with van der Waals surface area (Å²) >= 11 is 0. The van der Waals surface area contributed by atoms with Crippen molar-refractivity contribution < 1.29 is 18.7 Å². The van der Waals surface area contributed by atoms with Crippen LogP contribution in [0.2, 0.25) is 0 Å². The van der Waals surface area contributed by atoms with E-state index in [1.807, 2.05) is 37.3 Å². The molecule has 2 aromatic heterocycles. The molecule has 0 amide bonds. The number of hydrogen-bond donors (Lipinski definition) is 1. The predicted octanol–water partition coefficient (Wildman–Crippen LogP) is 8.08. The number of ether oxygens (including phenoxy) is 2. The van der Waals surface area contributed by atoms with E-state index in [2.05, 4.69) is 25.8 Å². The van der Waals surface area contributed by atoms with Gasteiger partial charge in [0.1, 0.15) is 16.9 Å². The SMILES string of the molecule is CC(CC(C)(C)C)C(C)(N)C(=O)OCCCCCCCCCCCOc1ccc(-c2cc3cnccc3oc2=O)cc1. The molecule has 230 valence electrons. The lowest BCUT2D eigenvalue weighted by Crippen LogP contribution is -2.52. The molecule has 42 heavy (non-hydrogen) atoms. The largest absolute Gasteiger partial charge is 0.494 e. The van der Waals surface area contributed by atoms with Gasteiger partial charge in [0, 0.05) is 17.8 Å². The molecule has 0 fully saturated rings. The maximum absolute atomic E-state index is 12.5. The van der Waals surface area contributed by atoms with Gasteiger partial charge in [-0.3, -0.25) is 9.78 Å². The summed E-state index contributed by atoms with van der Waals surface area (Å²) in [5.41, 5.74) is 6.99. The average Bonchev–Trinajstić information content (AvgIpc) is 2.94. The van der Waals surface area contributed by atoms with E-state index >= 15 is 0 Å². The van der Waals surface area contributed by atoms with Crippen molar-refractivity contribution in [1.29, 1.82) is 0 Å². The Balaban J connectivity index is 1.20. The van der Waals surface area contributed by atoms with E-state index in [0.29, 0.717) is 24.4 Å². The van der Waals surface area contributed by atoms with Crippen LogP contribution < -0.4 is 16.1 Å². The highest BCUT2D eigenvalue weighted by molar-refractivity contribution is 5.81. The highest BCUT2D eigenvalue weighted by Crippen LogP contribution is 2.30. The zero-order chi connectivity index (χ0) is 30.6. The number of aromatic nitrogens is 1. The predicted molar refractivity (Wildman–Crippen MR) is 170 cm³/mol. The normalized spacial score (nSPS) is 14.0. The first-order chi connectivity index (χ1) is 20.0. The van der Waals surface area contributed by atoms with E-state index in [4.69, 9.17) is 19.6 Å². The summed E-state index contributed by atoms with van der Waals surface area (Å²) in [6, 6.07) is 11.1. The Hall–Kier alpha value is -3.19. The number of benzene rings is 1. The van der Waals surface area contributed by atoms with Crippen LogP contribution in [0, 0.1) is 11.3 Å². The van der Waals surface area contributed by atoms with Crippen molar-refractivity contribution in [2.45, 2.75) is 104 Å². The molecule has 0 aliphatic heterocycles. The van der Waals surface area contributed by atoms with Crippen LogP contribution in [0.4, 0.5) is 0 Å². The van der Waals surface area contributed by atoms with Crippen LogP contribution in [-0.2, 0) is 9.53 Å². The monoisotopic (exact) mass is 578 g/mol. The van der Waals surface area contributed by atoms with Gasteiger partial charge < -0.3 is 19.6 Å². The highest BCUT2D eigenvalue weighted by Gasteiger charge is 2.38. The minimum Gasteiger partial charge on any atom is -0.494 e. The minimum absolute atomic E-state index is 0.0640. The molecule has 0 radical (unpaired) electrons. The second kappa shape index (κ2) is 15.9. The number of fused-ring (bicyclic) bond motifs is 1. The van der Waals surface area contributed by atoms with E-state index < -0.39 is 5.54 Å². The summed E-state index contributed by atoms with van der Waals surface area (Å²) in [5, 5.41) is 0.794. The third kappa shape index (κ3) is 10.6. The number of carbonyl (C=O) groups excluding carboxylic acids is 1. The summed E-state index contributed by atoms with van der Waals surface area (Å²) in [6.07, 6.45) is 14.3. The average molecular weight is 579 g/mol. The Morgan fingerprint density at radius 3 is 2.12 bits per heavy atom. The summed E-state index contributed by atoms with van der Waals surface area (Å²) in [6.45, 7) is 11.5. The lowest BCUT2D eigenvalue weighted by atomic mass is 9.76. The van der Waals surface area contributed by atoms with Gasteiger partial charge in [-0.2, -0.15) is 0 Å². The lowest BCUT2D eigenvalue weighted by Gasteiger charge is -2.33. The Kier molecular flexibility index (Phi) is 12.6. The summed E-state index contributed by atoms with van der Waals surface area (Å²) < 4.78 is 16.8. The van der Waals surface area contributed by atoms with Gasteiger partial charge in [-0.1, -0.05) is 84.8 Å². The number of pyridine rings is 1. The molecule has 2 N–H and O–H groups in total. The van der Waals surface area contributed by atoms with Gasteiger partial charge in [-0.15, -0.1) is 0 Å². The molecule has 0 aliphatic rings. The minimum atomic E-state index is -0.945. The van der Waals surface area contributed by atoms with E-state index in [-0.39, 0.29) is 22.9 Å². The molecular formula is C35H50N2O5. The first kappa shape index (κ1) is 33.3. The maximum Gasteiger partial charge on any atom is 0.344 e. The number of esters is 1. The number of rotatable bonds is 17. The van der Waals surface area contributed by atoms with E-state index in [0.717, 1.165) is 55.2 Å². The maximum atomic E-state index is 12.5. The summed E-state index contributed by atoms with van der Waals surface area (Å²) in [4.78, 5) is 29.0. The molecule has 3 rings (SSSR count). The second-order valence-corrected chi connectivity index (χ2v) is 13.0. The number of carbonyl (C=O) groups is 1. The smallest absolute Gasteiger partial charge is 0.344 e. The number of nitrogens with zero attached hydrogens (tertiary/aromatic N) is 1. The lowest BCUT2D eigenvalue weighted by molar-refractivity contribution is -0.152. The van der Waals surface area contributed by atoms with Crippen molar-refractivity contribution in [2.75, 3.05) is 13.2 Å². The molecule has 2 atom stereocenters. The molecule has 0 bridgehead atoms. The fourth-order valence-electron chi connectivity index (χ4n) is 5.18. The highest BCUT2D eigenvalue weighted by atomic mass is 16.5. The van der Waals surface area contributed by atoms with Crippen LogP contribution in [0.15, 0.2) is 58.0 Å². The quantitative estimate of drug-likeness (QED) is 0.127. The van der Waals surface area contributed by atoms with Gasteiger partial charge in [-0.05, 0) is 67.3 Å². The van der Waals surface area contributed by atoms with Crippen molar-refractivity contribution in [3.63, 3.8) is 0 Å². The topological polar surface area (TPSA) is 105 Å². The molecule has 7 nitrogen and oxygen atoms in total. The van der Waals surface area contributed by atoms with Crippen molar-refractivity contribution in [3.8, 4) is 16.9 Å². The number of hydrogen-bond acceptors (Lipinski definition) is 7. The standard InChI is InChI=1S/C35H50N2O5/c1-26(24-34(2,3)4)35(5,36)33(39)41-22-14-12-10-8-6-7-9-11-13-21-40-29-17-15-27(16-18-29)30-23-28-25-37-20-19-31(28)42-32(30)38/h15-20,23,25-26H,6-14,21-22,24,36H2,1-5H3. The van der Waals surface area contributed by atoms with E-state index in [1.165, 1.54) is 25.7 Å². The van der Waals surface area contributed by atoms with Crippen molar-refractivity contribution in [3.05, 3.63) is 59.2 Å². The van der Waals surface area contributed by atoms with Crippen molar-refractivity contribution in [2.24, 2.45) is 17.1 Å². The van der Waals surface area contributed by atoms with Crippen LogP contribution in [0.3, 0.4) is 0 Å². The zero-order valence-corrected chi connectivity index (χ0v) is 26.2. The molecule has 7 heteroatoms. The molecular weight excluding hydrogens is 528 g/mol. The summed E-state index contributed by atoms with van der Waals surface area (Å²) in [5.74, 6) is 0.578. The molecule has 3 aromatic rings. The Morgan fingerprint density at radius 2 is 1.50 bits per heavy atom. The third-order valence-electron chi connectivity index (χ3n) is 7.87. The Bertz CT molecular complexity index is 1310. The third-order valence-corrected chi connectivity index (χ3v) is 7.87. The second-order valence-electron chi connectivity index (χ2n) is 13.0.